The topological polar surface area (TPSA) is 17.1 Å². The van der Waals surface area contributed by atoms with Crippen LogP contribution in [-0.2, 0) is 11.2 Å². The van der Waals surface area contributed by atoms with Crippen molar-refractivity contribution >= 4 is 40.0 Å². The zero-order chi connectivity index (χ0) is 9.14. The fourth-order valence-electron chi connectivity index (χ4n) is 0.835. The molecule has 0 saturated heterocycles. The van der Waals surface area contributed by atoms with Gasteiger partial charge in [-0.05, 0) is 23.2 Å². The van der Waals surface area contributed by atoms with E-state index in [0.29, 0.717) is 15.6 Å². The van der Waals surface area contributed by atoms with Gasteiger partial charge >= 0.3 is 0 Å². The van der Waals surface area contributed by atoms with Crippen LogP contribution in [0.2, 0.25) is 10.0 Å². The number of rotatable bonds is 2. The van der Waals surface area contributed by atoms with Crippen molar-refractivity contribution in [2.24, 2.45) is 0 Å². The maximum atomic E-state index is 10.5. The maximum absolute atomic E-state index is 10.5. The highest BCUT2D eigenvalue weighted by molar-refractivity contribution is 6.63. The Morgan fingerprint density at radius 3 is 2.58 bits per heavy atom. The van der Waals surface area contributed by atoms with Crippen molar-refractivity contribution in [1.82, 2.24) is 0 Å². The fourth-order valence-corrected chi connectivity index (χ4v) is 1.37. The van der Waals surface area contributed by atoms with E-state index < -0.39 is 5.24 Å². The lowest BCUT2D eigenvalue weighted by molar-refractivity contribution is -0.111. The number of hydrogen-bond acceptors (Lipinski definition) is 1. The molecule has 0 aliphatic rings. The van der Waals surface area contributed by atoms with Gasteiger partial charge in [0, 0.05) is 6.42 Å². The molecule has 12 heavy (non-hydrogen) atoms. The first-order chi connectivity index (χ1) is 5.61. The van der Waals surface area contributed by atoms with Gasteiger partial charge in [-0.2, -0.15) is 0 Å². The number of carbonyl (C=O) groups is 1. The van der Waals surface area contributed by atoms with E-state index in [4.69, 9.17) is 34.8 Å². The first-order valence-electron chi connectivity index (χ1n) is 3.22. The second-order valence-electron chi connectivity index (χ2n) is 2.24. The van der Waals surface area contributed by atoms with Crippen LogP contribution >= 0.6 is 34.8 Å². The van der Waals surface area contributed by atoms with Gasteiger partial charge in [0.2, 0.25) is 5.24 Å². The first kappa shape index (κ1) is 9.85. The summed E-state index contributed by atoms with van der Waals surface area (Å²) < 4.78 is 0. The molecule has 0 aliphatic heterocycles. The summed E-state index contributed by atoms with van der Waals surface area (Å²) >= 11 is 16.7. The summed E-state index contributed by atoms with van der Waals surface area (Å²) in [6.45, 7) is 0. The minimum absolute atomic E-state index is 0.112. The minimum Gasteiger partial charge on any atom is -0.281 e. The monoisotopic (exact) mass is 222 g/mol. The summed E-state index contributed by atoms with van der Waals surface area (Å²) in [5.41, 5.74) is 0.657. The van der Waals surface area contributed by atoms with E-state index in [9.17, 15) is 4.79 Å². The predicted octanol–water partition coefficient (Wildman–Crippen LogP) is 3.30. The molecule has 0 bridgehead atoms. The quantitative estimate of drug-likeness (QED) is 0.703. The summed E-state index contributed by atoms with van der Waals surface area (Å²) in [5.74, 6) is 0. The Morgan fingerprint density at radius 2 is 2.00 bits per heavy atom. The number of hydrogen-bond donors (Lipinski definition) is 0. The summed E-state index contributed by atoms with van der Waals surface area (Å²) in [4.78, 5) is 10.5. The van der Waals surface area contributed by atoms with Crippen LogP contribution in [0.5, 0.6) is 0 Å². The van der Waals surface area contributed by atoms with Gasteiger partial charge in [0.05, 0.1) is 10.0 Å². The van der Waals surface area contributed by atoms with Gasteiger partial charge in [0.25, 0.3) is 0 Å². The third-order valence-electron chi connectivity index (χ3n) is 1.36. The molecular weight excluding hydrogens is 218 g/mol. The summed E-state index contributed by atoms with van der Waals surface area (Å²) in [5, 5.41) is 0.388. The van der Waals surface area contributed by atoms with Crippen molar-refractivity contribution in [1.29, 1.82) is 0 Å². The Kier molecular flexibility index (Phi) is 3.39. The largest absolute Gasteiger partial charge is 0.281 e. The number of halogens is 3. The summed E-state index contributed by atoms with van der Waals surface area (Å²) in [6, 6.07) is 5.10. The van der Waals surface area contributed by atoms with Crippen molar-refractivity contribution in [2.45, 2.75) is 6.42 Å². The Labute approximate surface area is 85.2 Å². The third-order valence-corrected chi connectivity index (χ3v) is 2.35. The molecule has 4 heteroatoms. The average molecular weight is 223 g/mol. The molecule has 0 aromatic heterocycles. The molecule has 0 aliphatic carbocycles. The van der Waals surface area contributed by atoms with Gasteiger partial charge in [-0.1, -0.05) is 35.3 Å². The molecule has 0 fully saturated rings. The highest BCUT2D eigenvalue weighted by atomic mass is 35.5. The van der Waals surface area contributed by atoms with E-state index in [1.807, 2.05) is 0 Å². The van der Waals surface area contributed by atoms with Gasteiger partial charge in [0.15, 0.2) is 0 Å². The van der Waals surface area contributed by atoms with Gasteiger partial charge < -0.3 is 0 Å². The van der Waals surface area contributed by atoms with Crippen molar-refractivity contribution in [2.75, 3.05) is 0 Å². The molecule has 0 spiro atoms. The molecule has 0 radical (unpaired) electrons. The molecule has 1 aromatic rings. The van der Waals surface area contributed by atoms with E-state index >= 15 is 0 Å². The Morgan fingerprint density at radius 1 is 1.33 bits per heavy atom. The first-order valence-corrected chi connectivity index (χ1v) is 4.36. The minimum atomic E-state index is -0.445. The van der Waals surface area contributed by atoms with Gasteiger partial charge in [-0.15, -0.1) is 0 Å². The van der Waals surface area contributed by atoms with Gasteiger partial charge in [-0.3, -0.25) is 4.79 Å². The van der Waals surface area contributed by atoms with Crippen molar-refractivity contribution in [3.05, 3.63) is 33.8 Å². The van der Waals surface area contributed by atoms with Crippen LogP contribution in [0.1, 0.15) is 5.56 Å². The predicted molar refractivity (Wildman–Crippen MR) is 51.0 cm³/mol. The fraction of sp³-hybridized carbons (Fsp3) is 0.125. The average Bonchev–Trinajstić information content (AvgIpc) is 1.98. The van der Waals surface area contributed by atoms with E-state index in [1.165, 1.54) is 0 Å². The molecule has 1 nitrogen and oxygen atoms in total. The van der Waals surface area contributed by atoms with Crippen molar-refractivity contribution in [3.63, 3.8) is 0 Å². The number of benzene rings is 1. The molecule has 0 N–H and O–H groups in total. The standard InChI is InChI=1S/C8H5Cl3O/c9-6-3-1-2-5(8(6)11)4-7(10)12/h1-3H,4H2. The summed E-state index contributed by atoms with van der Waals surface area (Å²) in [6.07, 6.45) is 0.112. The van der Waals surface area contributed by atoms with Crippen LogP contribution in [-0.4, -0.2) is 5.24 Å². The van der Waals surface area contributed by atoms with Crippen molar-refractivity contribution < 1.29 is 4.79 Å². The summed E-state index contributed by atoms with van der Waals surface area (Å²) in [7, 11) is 0. The second-order valence-corrected chi connectivity index (χ2v) is 3.45. The van der Waals surface area contributed by atoms with E-state index in [0.717, 1.165) is 0 Å². The van der Waals surface area contributed by atoms with Crippen LogP contribution in [0.15, 0.2) is 18.2 Å². The van der Waals surface area contributed by atoms with Gasteiger partial charge in [0.1, 0.15) is 0 Å². The zero-order valence-electron chi connectivity index (χ0n) is 5.98. The van der Waals surface area contributed by atoms with Crippen molar-refractivity contribution in [3.8, 4) is 0 Å². The number of carbonyl (C=O) groups excluding carboxylic acids is 1. The van der Waals surface area contributed by atoms with Crippen LogP contribution < -0.4 is 0 Å². The SMILES string of the molecule is O=C(Cl)Cc1cccc(Cl)c1Cl. The normalized spacial score (nSPS) is 9.92. The zero-order valence-corrected chi connectivity index (χ0v) is 8.25. The Bertz CT molecular complexity index is 309. The van der Waals surface area contributed by atoms with Crippen LogP contribution in [0.3, 0.4) is 0 Å². The van der Waals surface area contributed by atoms with Gasteiger partial charge in [-0.25, -0.2) is 0 Å². The molecular formula is C8H5Cl3O. The van der Waals surface area contributed by atoms with Crippen LogP contribution in [0.25, 0.3) is 0 Å². The highest BCUT2D eigenvalue weighted by Crippen LogP contribution is 2.25. The molecule has 0 heterocycles. The molecule has 0 atom stereocenters. The molecule has 1 rings (SSSR count). The van der Waals surface area contributed by atoms with E-state index in [-0.39, 0.29) is 6.42 Å². The smallest absolute Gasteiger partial charge is 0.226 e. The Hall–Kier alpha value is -0.240. The molecule has 0 unspecified atom stereocenters. The van der Waals surface area contributed by atoms with E-state index in [1.54, 1.807) is 18.2 Å². The lowest BCUT2D eigenvalue weighted by Gasteiger charge is -2.01. The highest BCUT2D eigenvalue weighted by Gasteiger charge is 2.06. The molecule has 1 aromatic carbocycles. The van der Waals surface area contributed by atoms with Crippen LogP contribution in [0, 0.1) is 0 Å². The van der Waals surface area contributed by atoms with Crippen LogP contribution in [0.4, 0.5) is 0 Å². The lowest BCUT2D eigenvalue weighted by Crippen LogP contribution is -1.94. The molecule has 0 saturated carbocycles. The third kappa shape index (κ3) is 2.37. The second kappa shape index (κ2) is 4.13. The molecule has 64 valence electrons. The molecule has 0 amide bonds. The van der Waals surface area contributed by atoms with E-state index in [2.05, 4.69) is 0 Å². The lowest BCUT2D eigenvalue weighted by atomic mass is 10.2. The maximum Gasteiger partial charge on any atom is 0.226 e. The Balaban J connectivity index is 3.00.